The Bertz CT molecular complexity index is 380. The maximum Gasteiger partial charge on any atom is 0.163 e. The number of rotatable bonds is 5. The van der Waals surface area contributed by atoms with Crippen LogP contribution >= 0.6 is 0 Å². The highest BCUT2D eigenvalue weighted by Gasteiger charge is 2.17. The van der Waals surface area contributed by atoms with Crippen molar-refractivity contribution in [2.24, 2.45) is 5.92 Å². The summed E-state index contributed by atoms with van der Waals surface area (Å²) in [5.74, 6) is 1.63. The summed E-state index contributed by atoms with van der Waals surface area (Å²) in [5, 5.41) is 3.32. The van der Waals surface area contributed by atoms with Gasteiger partial charge in [-0.2, -0.15) is 0 Å². The van der Waals surface area contributed by atoms with Gasteiger partial charge in [-0.05, 0) is 63.0 Å². The normalized spacial score (nSPS) is 16.5. The molecule has 3 heteroatoms. The number of benzene rings is 1. The molecule has 1 aliphatic rings. The van der Waals surface area contributed by atoms with Gasteiger partial charge in [0.05, 0.1) is 6.61 Å². The first-order chi connectivity index (χ1) is 8.79. The van der Waals surface area contributed by atoms with Crippen molar-refractivity contribution in [1.82, 2.24) is 5.32 Å². The van der Waals surface area contributed by atoms with Gasteiger partial charge in [-0.25, -0.2) is 0 Å². The van der Waals surface area contributed by atoms with E-state index in [4.69, 9.17) is 4.74 Å². The second-order valence-corrected chi connectivity index (χ2v) is 4.78. The molecule has 0 unspecified atom stereocenters. The van der Waals surface area contributed by atoms with E-state index in [2.05, 4.69) is 5.32 Å². The van der Waals surface area contributed by atoms with E-state index in [-0.39, 0.29) is 5.78 Å². The molecule has 1 N–H and O–H groups in total. The fourth-order valence-electron chi connectivity index (χ4n) is 2.37. The van der Waals surface area contributed by atoms with E-state index in [1.54, 1.807) is 0 Å². The zero-order chi connectivity index (χ0) is 12.8. The summed E-state index contributed by atoms with van der Waals surface area (Å²) in [6.45, 7) is 4.70. The molecule has 0 aliphatic carbocycles. The zero-order valence-electron chi connectivity index (χ0n) is 10.9. The molecule has 0 atom stereocenters. The third-order valence-electron chi connectivity index (χ3n) is 3.42. The molecule has 0 spiro atoms. The monoisotopic (exact) mass is 247 g/mol. The summed E-state index contributed by atoms with van der Waals surface area (Å²) >= 11 is 0. The lowest BCUT2D eigenvalue weighted by Crippen LogP contribution is -2.28. The van der Waals surface area contributed by atoms with Crippen molar-refractivity contribution in [1.29, 1.82) is 0 Å². The molecule has 1 fully saturated rings. The molecular formula is C15H21NO2. The van der Waals surface area contributed by atoms with Gasteiger partial charge in [0.25, 0.3) is 0 Å². The van der Waals surface area contributed by atoms with E-state index >= 15 is 0 Å². The maximum atomic E-state index is 12.1. The Morgan fingerprint density at radius 3 is 2.56 bits per heavy atom. The summed E-state index contributed by atoms with van der Waals surface area (Å²) in [6.07, 6.45) is 2.90. The minimum absolute atomic E-state index is 0.255. The van der Waals surface area contributed by atoms with Crippen LogP contribution in [-0.2, 0) is 0 Å². The van der Waals surface area contributed by atoms with Gasteiger partial charge >= 0.3 is 0 Å². The first-order valence-corrected chi connectivity index (χ1v) is 6.76. The van der Waals surface area contributed by atoms with Gasteiger partial charge < -0.3 is 10.1 Å². The first-order valence-electron chi connectivity index (χ1n) is 6.76. The van der Waals surface area contributed by atoms with Crippen LogP contribution in [0.1, 0.15) is 36.5 Å². The van der Waals surface area contributed by atoms with Crippen LogP contribution in [0.3, 0.4) is 0 Å². The number of hydrogen-bond acceptors (Lipinski definition) is 3. The predicted molar refractivity (Wildman–Crippen MR) is 72.2 cm³/mol. The average molecular weight is 247 g/mol. The fourth-order valence-corrected chi connectivity index (χ4v) is 2.37. The van der Waals surface area contributed by atoms with Gasteiger partial charge in [-0.15, -0.1) is 0 Å². The van der Waals surface area contributed by atoms with Gasteiger partial charge in [0.2, 0.25) is 0 Å². The maximum absolute atomic E-state index is 12.1. The van der Waals surface area contributed by atoms with Crippen LogP contribution in [-0.4, -0.2) is 25.5 Å². The number of nitrogens with one attached hydrogen (secondary N) is 1. The van der Waals surface area contributed by atoms with Gasteiger partial charge in [-0.1, -0.05) is 0 Å². The van der Waals surface area contributed by atoms with Crippen LogP contribution in [0.25, 0.3) is 0 Å². The van der Waals surface area contributed by atoms with Crippen LogP contribution in [0.15, 0.2) is 24.3 Å². The van der Waals surface area contributed by atoms with Gasteiger partial charge in [0, 0.05) is 12.0 Å². The molecule has 1 aliphatic heterocycles. The molecule has 0 radical (unpaired) electrons. The lowest BCUT2D eigenvalue weighted by Gasteiger charge is -2.21. The zero-order valence-corrected chi connectivity index (χ0v) is 10.9. The summed E-state index contributed by atoms with van der Waals surface area (Å²) in [5.41, 5.74) is 0.803. The minimum atomic E-state index is 0.255. The highest BCUT2D eigenvalue weighted by atomic mass is 16.5. The Hall–Kier alpha value is -1.35. The summed E-state index contributed by atoms with van der Waals surface area (Å²) < 4.78 is 5.37. The van der Waals surface area contributed by atoms with Crippen LogP contribution in [0, 0.1) is 5.92 Å². The van der Waals surface area contributed by atoms with Crippen molar-refractivity contribution >= 4 is 5.78 Å². The molecule has 0 amide bonds. The van der Waals surface area contributed by atoms with Crippen molar-refractivity contribution < 1.29 is 9.53 Å². The van der Waals surface area contributed by atoms with Gasteiger partial charge in [0.15, 0.2) is 5.78 Å². The molecule has 0 saturated carbocycles. The van der Waals surface area contributed by atoms with Crippen LogP contribution < -0.4 is 10.1 Å². The first kappa shape index (κ1) is 13.1. The Morgan fingerprint density at radius 1 is 1.28 bits per heavy atom. The summed E-state index contributed by atoms with van der Waals surface area (Å²) in [7, 11) is 0. The molecule has 18 heavy (non-hydrogen) atoms. The number of piperidine rings is 1. The van der Waals surface area contributed by atoms with Crippen molar-refractivity contribution in [2.75, 3.05) is 19.7 Å². The lowest BCUT2D eigenvalue weighted by molar-refractivity contribution is 0.0952. The van der Waals surface area contributed by atoms with E-state index in [0.29, 0.717) is 18.9 Å². The highest BCUT2D eigenvalue weighted by molar-refractivity contribution is 5.96. The van der Waals surface area contributed by atoms with E-state index in [1.807, 2.05) is 31.2 Å². The van der Waals surface area contributed by atoms with Gasteiger partial charge in [-0.3, -0.25) is 4.79 Å². The second-order valence-electron chi connectivity index (χ2n) is 4.78. The largest absolute Gasteiger partial charge is 0.494 e. The molecular weight excluding hydrogens is 226 g/mol. The number of ether oxygens (including phenoxy) is 1. The number of carbonyl (C=O) groups excluding carboxylic acids is 1. The van der Waals surface area contributed by atoms with E-state index in [0.717, 1.165) is 37.2 Å². The van der Waals surface area contributed by atoms with E-state index < -0.39 is 0 Å². The quantitative estimate of drug-likeness (QED) is 0.813. The Kier molecular flexibility index (Phi) is 4.76. The molecule has 1 aromatic rings. The second kappa shape index (κ2) is 6.55. The summed E-state index contributed by atoms with van der Waals surface area (Å²) in [6, 6.07) is 7.49. The van der Waals surface area contributed by atoms with Gasteiger partial charge in [0.1, 0.15) is 5.75 Å². The molecule has 0 aromatic heterocycles. The smallest absolute Gasteiger partial charge is 0.163 e. The van der Waals surface area contributed by atoms with Crippen LogP contribution in [0.2, 0.25) is 0 Å². The van der Waals surface area contributed by atoms with Crippen LogP contribution in [0.5, 0.6) is 5.75 Å². The Balaban J connectivity index is 1.91. The predicted octanol–water partition coefficient (Wildman–Crippen LogP) is 2.66. The van der Waals surface area contributed by atoms with Crippen molar-refractivity contribution in [3.63, 3.8) is 0 Å². The van der Waals surface area contributed by atoms with E-state index in [1.165, 1.54) is 0 Å². The fraction of sp³-hybridized carbons (Fsp3) is 0.533. The number of ketones is 1. The molecule has 2 rings (SSSR count). The van der Waals surface area contributed by atoms with E-state index in [9.17, 15) is 4.79 Å². The third-order valence-corrected chi connectivity index (χ3v) is 3.42. The molecule has 1 saturated heterocycles. The lowest BCUT2D eigenvalue weighted by atomic mass is 9.91. The van der Waals surface area contributed by atoms with Crippen molar-refractivity contribution in [3.8, 4) is 5.75 Å². The number of hydrogen-bond donors (Lipinski definition) is 1. The molecule has 98 valence electrons. The topological polar surface area (TPSA) is 38.3 Å². The Morgan fingerprint density at radius 2 is 1.94 bits per heavy atom. The number of carbonyl (C=O) groups is 1. The van der Waals surface area contributed by atoms with Crippen LogP contribution in [0.4, 0.5) is 0 Å². The van der Waals surface area contributed by atoms with Crippen molar-refractivity contribution in [3.05, 3.63) is 29.8 Å². The Labute approximate surface area is 109 Å². The van der Waals surface area contributed by atoms with Crippen molar-refractivity contribution in [2.45, 2.75) is 26.2 Å². The minimum Gasteiger partial charge on any atom is -0.494 e. The molecule has 1 aromatic carbocycles. The highest BCUT2D eigenvalue weighted by Crippen LogP contribution is 2.20. The summed E-state index contributed by atoms with van der Waals surface area (Å²) in [4.78, 5) is 12.1. The molecule has 3 nitrogen and oxygen atoms in total. The SMILES string of the molecule is CCOc1ccc(C(=O)CC2CCNCC2)cc1. The molecule has 0 bridgehead atoms. The number of Topliss-reactive ketones (excluding diaryl/α,β-unsaturated/α-hetero) is 1. The molecule has 1 heterocycles. The average Bonchev–Trinajstić information content (AvgIpc) is 2.41. The third kappa shape index (κ3) is 3.57. The standard InChI is InChI=1S/C15H21NO2/c1-2-18-14-5-3-13(4-6-14)15(17)11-12-7-9-16-10-8-12/h3-6,12,16H,2,7-11H2,1H3.